The molecule has 20 heavy (non-hydrogen) atoms. The number of aromatic nitrogens is 1. The summed E-state index contributed by atoms with van der Waals surface area (Å²) in [7, 11) is 0. The quantitative estimate of drug-likeness (QED) is 0.689. The molecular formula is C13H11ClN2O4. The minimum atomic E-state index is -0.647. The normalized spacial score (nSPS) is 11.9. The van der Waals surface area contributed by atoms with Gasteiger partial charge >= 0.3 is 5.69 Å². The zero-order valence-electron chi connectivity index (χ0n) is 10.5. The summed E-state index contributed by atoms with van der Waals surface area (Å²) in [4.78, 5) is 14.3. The average Bonchev–Trinajstić information content (AvgIpc) is 2.41. The molecule has 0 bridgehead atoms. The highest BCUT2D eigenvalue weighted by Crippen LogP contribution is 2.37. The van der Waals surface area contributed by atoms with Gasteiger partial charge in [-0.15, -0.1) is 0 Å². The van der Waals surface area contributed by atoms with E-state index in [0.29, 0.717) is 5.56 Å². The summed E-state index contributed by atoms with van der Waals surface area (Å²) in [6.45, 7) is 1.61. The summed E-state index contributed by atoms with van der Waals surface area (Å²) < 4.78 is 5.37. The number of hydrogen-bond acceptors (Lipinski definition) is 5. The Balaban J connectivity index is 2.32. The van der Waals surface area contributed by atoms with Crippen molar-refractivity contribution in [2.75, 3.05) is 0 Å². The first-order valence-corrected chi connectivity index (χ1v) is 6.11. The molecule has 0 amide bonds. The topological polar surface area (TPSA) is 85.5 Å². The third-order valence-corrected chi connectivity index (χ3v) is 2.89. The lowest BCUT2D eigenvalue weighted by Gasteiger charge is -2.08. The molecule has 0 aliphatic heterocycles. The van der Waals surface area contributed by atoms with Gasteiger partial charge < -0.3 is 9.84 Å². The van der Waals surface area contributed by atoms with Crippen LogP contribution in [0.5, 0.6) is 11.6 Å². The van der Waals surface area contributed by atoms with Gasteiger partial charge in [-0.1, -0.05) is 17.7 Å². The lowest BCUT2D eigenvalue weighted by atomic mass is 10.2. The van der Waals surface area contributed by atoms with Crippen LogP contribution in [-0.4, -0.2) is 15.0 Å². The van der Waals surface area contributed by atoms with Gasteiger partial charge in [0.15, 0.2) is 0 Å². The Bertz CT molecular complexity index is 629. The molecule has 2 aromatic rings. The number of hydrogen-bond donors (Lipinski definition) is 1. The van der Waals surface area contributed by atoms with Crippen LogP contribution in [-0.2, 0) is 0 Å². The minimum Gasteiger partial charge on any atom is -0.430 e. The number of rotatable bonds is 4. The van der Waals surface area contributed by atoms with Crippen LogP contribution in [0.4, 0.5) is 5.69 Å². The summed E-state index contributed by atoms with van der Waals surface area (Å²) in [5.41, 5.74) is 0.380. The van der Waals surface area contributed by atoms with Crippen LogP contribution in [0, 0.1) is 10.1 Å². The second-order valence-electron chi connectivity index (χ2n) is 4.05. The fraction of sp³-hybridized carbons (Fsp3) is 0.154. The van der Waals surface area contributed by atoms with Crippen LogP contribution in [0.1, 0.15) is 18.6 Å². The van der Waals surface area contributed by atoms with E-state index >= 15 is 0 Å². The Morgan fingerprint density at radius 1 is 1.40 bits per heavy atom. The van der Waals surface area contributed by atoms with Gasteiger partial charge in [0.25, 0.3) is 0 Å². The third kappa shape index (κ3) is 3.04. The minimum absolute atomic E-state index is 0.0588. The number of halogens is 1. The van der Waals surface area contributed by atoms with Crippen molar-refractivity contribution in [1.82, 2.24) is 4.98 Å². The highest BCUT2D eigenvalue weighted by atomic mass is 35.5. The molecule has 0 saturated carbocycles. The second-order valence-corrected chi connectivity index (χ2v) is 4.46. The third-order valence-electron chi connectivity index (χ3n) is 2.59. The molecule has 1 atom stereocenters. The number of ether oxygens (including phenoxy) is 1. The Labute approximate surface area is 119 Å². The van der Waals surface area contributed by atoms with E-state index in [4.69, 9.17) is 16.3 Å². The first-order chi connectivity index (χ1) is 9.49. The van der Waals surface area contributed by atoms with E-state index in [9.17, 15) is 15.2 Å². The SMILES string of the molecule is C[C@@H](O)c1ccc(Oc2c(Cl)cccc2[N+](=O)[O-])nc1. The van der Waals surface area contributed by atoms with Gasteiger partial charge in [-0.3, -0.25) is 10.1 Å². The Hall–Kier alpha value is -2.18. The molecule has 7 heteroatoms. The number of nitrogens with zero attached hydrogens (tertiary/aromatic N) is 2. The molecule has 0 fully saturated rings. The fourth-order valence-electron chi connectivity index (χ4n) is 1.55. The maximum absolute atomic E-state index is 10.9. The van der Waals surface area contributed by atoms with Crippen LogP contribution >= 0.6 is 11.6 Å². The molecule has 1 N–H and O–H groups in total. The van der Waals surface area contributed by atoms with Crippen molar-refractivity contribution in [3.63, 3.8) is 0 Å². The van der Waals surface area contributed by atoms with Gasteiger partial charge in [0.1, 0.15) is 0 Å². The van der Waals surface area contributed by atoms with Crippen LogP contribution in [0.2, 0.25) is 5.02 Å². The van der Waals surface area contributed by atoms with Crippen LogP contribution < -0.4 is 4.74 Å². The van der Waals surface area contributed by atoms with Gasteiger partial charge in [0, 0.05) is 18.3 Å². The number of aliphatic hydroxyl groups is 1. The fourth-order valence-corrected chi connectivity index (χ4v) is 1.75. The molecular weight excluding hydrogens is 284 g/mol. The number of nitro groups is 1. The van der Waals surface area contributed by atoms with Crippen molar-refractivity contribution in [3.8, 4) is 11.6 Å². The first kappa shape index (κ1) is 14.2. The van der Waals surface area contributed by atoms with Gasteiger partial charge in [-0.2, -0.15) is 0 Å². The Morgan fingerprint density at radius 3 is 2.70 bits per heavy atom. The summed E-state index contributed by atoms with van der Waals surface area (Å²) in [5, 5.41) is 20.4. The van der Waals surface area contributed by atoms with E-state index in [-0.39, 0.29) is 22.3 Å². The average molecular weight is 295 g/mol. The van der Waals surface area contributed by atoms with E-state index < -0.39 is 11.0 Å². The lowest BCUT2D eigenvalue weighted by molar-refractivity contribution is -0.385. The van der Waals surface area contributed by atoms with Gasteiger partial charge in [0.05, 0.1) is 16.0 Å². The molecule has 0 unspecified atom stereocenters. The maximum Gasteiger partial charge on any atom is 0.313 e. The van der Waals surface area contributed by atoms with E-state index in [1.54, 1.807) is 13.0 Å². The highest BCUT2D eigenvalue weighted by molar-refractivity contribution is 6.32. The number of benzene rings is 1. The predicted molar refractivity (Wildman–Crippen MR) is 73.1 cm³/mol. The van der Waals surface area contributed by atoms with Gasteiger partial charge in [-0.05, 0) is 24.6 Å². The predicted octanol–water partition coefficient (Wildman–Crippen LogP) is 3.49. The number of aliphatic hydroxyl groups excluding tert-OH is 1. The molecule has 0 aliphatic carbocycles. The molecule has 0 radical (unpaired) electrons. The van der Waals surface area contributed by atoms with Crippen molar-refractivity contribution in [2.24, 2.45) is 0 Å². The van der Waals surface area contributed by atoms with Crippen molar-refractivity contribution in [1.29, 1.82) is 0 Å². The molecule has 0 aliphatic rings. The van der Waals surface area contributed by atoms with Crippen molar-refractivity contribution < 1.29 is 14.8 Å². The second kappa shape index (κ2) is 5.85. The number of para-hydroxylation sites is 1. The smallest absolute Gasteiger partial charge is 0.313 e. The van der Waals surface area contributed by atoms with Crippen LogP contribution in [0.3, 0.4) is 0 Å². The summed E-state index contributed by atoms with van der Waals surface area (Å²) >= 11 is 5.91. The largest absolute Gasteiger partial charge is 0.430 e. The molecule has 0 saturated heterocycles. The van der Waals surface area contributed by atoms with Crippen LogP contribution in [0.25, 0.3) is 0 Å². The summed E-state index contributed by atoms with van der Waals surface area (Å²) in [5.74, 6) is 0.0991. The van der Waals surface area contributed by atoms with Gasteiger partial charge in [-0.25, -0.2) is 4.98 Å². The monoisotopic (exact) mass is 294 g/mol. The van der Waals surface area contributed by atoms with E-state index in [1.807, 2.05) is 0 Å². The molecule has 1 aromatic carbocycles. The first-order valence-electron chi connectivity index (χ1n) is 5.74. The van der Waals surface area contributed by atoms with Crippen molar-refractivity contribution >= 4 is 17.3 Å². The van der Waals surface area contributed by atoms with Gasteiger partial charge in [0.2, 0.25) is 11.6 Å². The Kier molecular flexibility index (Phi) is 4.16. The molecule has 2 rings (SSSR count). The Morgan fingerprint density at radius 2 is 2.15 bits per heavy atom. The van der Waals surface area contributed by atoms with Crippen LogP contribution in [0.15, 0.2) is 36.5 Å². The van der Waals surface area contributed by atoms with E-state index in [0.717, 1.165) is 0 Å². The van der Waals surface area contributed by atoms with E-state index in [2.05, 4.69) is 4.98 Å². The van der Waals surface area contributed by atoms with Crippen molar-refractivity contribution in [2.45, 2.75) is 13.0 Å². The molecule has 0 spiro atoms. The molecule has 104 valence electrons. The number of pyridine rings is 1. The zero-order valence-corrected chi connectivity index (χ0v) is 11.2. The zero-order chi connectivity index (χ0) is 14.7. The lowest BCUT2D eigenvalue weighted by Crippen LogP contribution is -1.97. The summed E-state index contributed by atoms with van der Waals surface area (Å²) in [6, 6.07) is 7.39. The van der Waals surface area contributed by atoms with E-state index in [1.165, 1.54) is 30.5 Å². The molecule has 1 aromatic heterocycles. The maximum atomic E-state index is 10.9. The molecule has 1 heterocycles. The molecule has 6 nitrogen and oxygen atoms in total. The number of nitro benzene ring substituents is 1. The highest BCUT2D eigenvalue weighted by Gasteiger charge is 2.19. The van der Waals surface area contributed by atoms with Crippen molar-refractivity contribution in [3.05, 3.63) is 57.2 Å². The standard InChI is InChI=1S/C13H11ClN2O4/c1-8(17)9-5-6-12(15-7-9)20-13-10(14)3-2-4-11(13)16(18)19/h2-8,17H,1H3/t8-/m1/s1. The summed E-state index contributed by atoms with van der Waals surface area (Å²) in [6.07, 6.45) is 0.786.